The molecule has 1 aliphatic rings. The molecule has 0 bridgehead atoms. The highest BCUT2D eigenvalue weighted by Gasteiger charge is 2.32. The molecular formula is C16H27N3O6. The number of nitrogens with two attached hydrogens (primary N) is 1. The lowest BCUT2D eigenvalue weighted by Gasteiger charge is -2.33. The summed E-state index contributed by atoms with van der Waals surface area (Å²) < 4.78 is 5.30. The lowest BCUT2D eigenvalue weighted by Crippen LogP contribution is -2.50. The number of nitrogens with zero attached hydrogens (tertiary/aromatic N) is 1. The van der Waals surface area contributed by atoms with Gasteiger partial charge in [-0.2, -0.15) is 0 Å². The number of aliphatic carboxylic acids is 1. The fourth-order valence-corrected chi connectivity index (χ4v) is 2.52. The summed E-state index contributed by atoms with van der Waals surface area (Å²) >= 11 is 0. The van der Waals surface area contributed by atoms with Crippen molar-refractivity contribution in [3.63, 3.8) is 0 Å². The maximum absolute atomic E-state index is 12.3. The Hall–Kier alpha value is -2.32. The number of ether oxygens (including phenoxy) is 1. The van der Waals surface area contributed by atoms with Crippen molar-refractivity contribution in [2.45, 2.75) is 58.1 Å². The minimum atomic E-state index is -1.23. The second-order valence-electron chi connectivity index (χ2n) is 7.17. The molecule has 142 valence electrons. The average molecular weight is 357 g/mol. The number of carbonyl (C=O) groups excluding carboxylic acids is 3. The van der Waals surface area contributed by atoms with Gasteiger partial charge < -0.3 is 25.8 Å². The lowest BCUT2D eigenvalue weighted by molar-refractivity contribution is -0.143. The van der Waals surface area contributed by atoms with Crippen LogP contribution in [0.5, 0.6) is 0 Å². The Balaban J connectivity index is 2.63. The van der Waals surface area contributed by atoms with Crippen molar-refractivity contribution < 1.29 is 29.0 Å². The molecule has 1 aliphatic heterocycles. The quantitative estimate of drug-likeness (QED) is 0.631. The van der Waals surface area contributed by atoms with Gasteiger partial charge in [0.15, 0.2) is 0 Å². The van der Waals surface area contributed by atoms with Gasteiger partial charge in [0.05, 0.1) is 5.92 Å². The number of hydrogen-bond donors (Lipinski definition) is 3. The maximum atomic E-state index is 12.3. The van der Waals surface area contributed by atoms with Gasteiger partial charge in [0.25, 0.3) is 0 Å². The number of carboxylic acid groups (broad SMARTS) is 1. The highest BCUT2D eigenvalue weighted by Crippen LogP contribution is 2.20. The topological polar surface area (TPSA) is 139 Å². The predicted molar refractivity (Wildman–Crippen MR) is 88.5 cm³/mol. The maximum Gasteiger partial charge on any atom is 0.410 e. The van der Waals surface area contributed by atoms with Crippen LogP contribution in [0.4, 0.5) is 4.79 Å². The first-order chi connectivity index (χ1) is 11.5. The number of nitrogens with one attached hydrogen (secondary N) is 1. The van der Waals surface area contributed by atoms with Crippen molar-refractivity contribution in [2.24, 2.45) is 11.7 Å². The second kappa shape index (κ2) is 8.68. The van der Waals surface area contributed by atoms with Crippen LogP contribution in [0, 0.1) is 5.92 Å². The van der Waals surface area contributed by atoms with E-state index in [1.165, 1.54) is 4.90 Å². The molecule has 1 heterocycles. The first-order valence-corrected chi connectivity index (χ1v) is 8.29. The standard InChI is InChI=1S/C16H27N3O6/c1-16(2,3)25-15(24)19-8-4-5-10(9-19)13(21)18-11(14(22)23)6-7-12(17)20/h10-11H,4-9H2,1-3H3,(H2,17,20)(H,18,21)(H,22,23). The number of carbonyl (C=O) groups is 4. The zero-order chi connectivity index (χ0) is 19.2. The molecule has 0 aromatic heterocycles. The molecule has 0 aromatic rings. The van der Waals surface area contributed by atoms with E-state index in [1.807, 2.05) is 0 Å². The highest BCUT2D eigenvalue weighted by atomic mass is 16.6. The Morgan fingerprint density at radius 3 is 2.48 bits per heavy atom. The molecule has 4 N–H and O–H groups in total. The fourth-order valence-electron chi connectivity index (χ4n) is 2.52. The van der Waals surface area contributed by atoms with Crippen molar-refractivity contribution >= 4 is 23.9 Å². The van der Waals surface area contributed by atoms with Crippen molar-refractivity contribution in [1.29, 1.82) is 0 Å². The van der Waals surface area contributed by atoms with E-state index in [-0.39, 0.29) is 19.4 Å². The first kappa shape index (κ1) is 20.7. The van der Waals surface area contributed by atoms with Gasteiger partial charge in [-0.3, -0.25) is 9.59 Å². The zero-order valence-electron chi connectivity index (χ0n) is 14.9. The van der Waals surface area contributed by atoms with E-state index in [0.29, 0.717) is 19.4 Å². The molecule has 0 aromatic carbocycles. The van der Waals surface area contributed by atoms with E-state index in [4.69, 9.17) is 15.6 Å². The molecule has 1 rings (SSSR count). The van der Waals surface area contributed by atoms with Crippen LogP contribution in [0.3, 0.4) is 0 Å². The van der Waals surface area contributed by atoms with Crippen molar-refractivity contribution in [3.05, 3.63) is 0 Å². The number of primary amides is 1. The summed E-state index contributed by atoms with van der Waals surface area (Å²) in [5.74, 6) is -2.83. The van der Waals surface area contributed by atoms with Crippen LogP contribution in [0.2, 0.25) is 0 Å². The van der Waals surface area contributed by atoms with Crippen LogP contribution in [-0.4, -0.2) is 58.6 Å². The molecule has 0 spiro atoms. The van der Waals surface area contributed by atoms with E-state index >= 15 is 0 Å². The van der Waals surface area contributed by atoms with Crippen LogP contribution < -0.4 is 11.1 Å². The van der Waals surface area contributed by atoms with Crippen molar-refractivity contribution in [2.75, 3.05) is 13.1 Å². The van der Waals surface area contributed by atoms with Crippen LogP contribution in [0.25, 0.3) is 0 Å². The molecule has 0 aliphatic carbocycles. The molecule has 2 atom stereocenters. The van der Waals surface area contributed by atoms with Gasteiger partial charge in [-0.1, -0.05) is 0 Å². The predicted octanol–water partition coefficient (Wildman–Crippen LogP) is 0.468. The Morgan fingerprint density at radius 2 is 1.96 bits per heavy atom. The molecule has 1 fully saturated rings. The minimum absolute atomic E-state index is 0.0705. The monoisotopic (exact) mass is 357 g/mol. The van der Waals surface area contributed by atoms with Crippen LogP contribution >= 0.6 is 0 Å². The summed E-state index contributed by atoms with van der Waals surface area (Å²) in [6.45, 7) is 5.94. The number of amides is 3. The van der Waals surface area contributed by atoms with Gasteiger partial charge in [-0.25, -0.2) is 9.59 Å². The number of carboxylic acids is 1. The smallest absolute Gasteiger partial charge is 0.410 e. The largest absolute Gasteiger partial charge is 0.480 e. The number of hydrogen-bond acceptors (Lipinski definition) is 5. The SMILES string of the molecule is CC(C)(C)OC(=O)N1CCCC(C(=O)NC(CCC(N)=O)C(=O)O)C1. The molecule has 2 unspecified atom stereocenters. The highest BCUT2D eigenvalue weighted by molar-refractivity contribution is 5.86. The van der Waals surface area contributed by atoms with Gasteiger partial charge in [-0.15, -0.1) is 0 Å². The third-order valence-corrected chi connectivity index (χ3v) is 3.74. The Bertz CT molecular complexity index is 528. The van der Waals surface area contributed by atoms with Crippen molar-refractivity contribution in [3.8, 4) is 0 Å². The van der Waals surface area contributed by atoms with Crippen molar-refractivity contribution in [1.82, 2.24) is 10.2 Å². The Morgan fingerprint density at radius 1 is 1.32 bits per heavy atom. The van der Waals surface area contributed by atoms with E-state index < -0.39 is 41.4 Å². The minimum Gasteiger partial charge on any atom is -0.480 e. The Kier molecular flexibility index (Phi) is 7.20. The normalized spacial score (nSPS) is 19.0. The Labute approximate surface area is 146 Å². The third kappa shape index (κ3) is 7.40. The van der Waals surface area contributed by atoms with E-state index in [9.17, 15) is 19.2 Å². The summed E-state index contributed by atoms with van der Waals surface area (Å²) in [7, 11) is 0. The molecule has 9 heteroatoms. The van der Waals surface area contributed by atoms with Crippen LogP contribution in [0.15, 0.2) is 0 Å². The van der Waals surface area contributed by atoms with Gasteiger partial charge in [0.1, 0.15) is 11.6 Å². The molecule has 3 amide bonds. The van der Waals surface area contributed by atoms with E-state index in [2.05, 4.69) is 5.32 Å². The fraction of sp³-hybridized carbons (Fsp3) is 0.750. The van der Waals surface area contributed by atoms with Gasteiger partial charge >= 0.3 is 12.1 Å². The van der Waals surface area contributed by atoms with E-state index in [1.54, 1.807) is 20.8 Å². The molecule has 0 radical (unpaired) electrons. The third-order valence-electron chi connectivity index (χ3n) is 3.74. The van der Waals surface area contributed by atoms with Crippen LogP contribution in [-0.2, 0) is 19.1 Å². The molecule has 0 saturated carbocycles. The van der Waals surface area contributed by atoms with Crippen LogP contribution in [0.1, 0.15) is 46.5 Å². The average Bonchev–Trinajstić information content (AvgIpc) is 2.49. The lowest BCUT2D eigenvalue weighted by atomic mass is 9.96. The van der Waals surface area contributed by atoms with Gasteiger partial charge in [0, 0.05) is 19.5 Å². The summed E-state index contributed by atoms with van der Waals surface area (Å²) in [5.41, 5.74) is 4.38. The van der Waals surface area contributed by atoms with E-state index in [0.717, 1.165) is 0 Å². The summed E-state index contributed by atoms with van der Waals surface area (Å²) in [6.07, 6.45) is 0.475. The molecule has 9 nitrogen and oxygen atoms in total. The summed E-state index contributed by atoms with van der Waals surface area (Å²) in [6, 6.07) is -1.18. The number of rotatable bonds is 6. The zero-order valence-corrected chi connectivity index (χ0v) is 14.9. The first-order valence-electron chi connectivity index (χ1n) is 8.29. The molecule has 25 heavy (non-hydrogen) atoms. The number of likely N-dealkylation sites (tertiary alicyclic amines) is 1. The van der Waals surface area contributed by atoms with Gasteiger partial charge in [-0.05, 0) is 40.0 Å². The number of piperidine rings is 1. The van der Waals surface area contributed by atoms with Gasteiger partial charge in [0.2, 0.25) is 11.8 Å². The second-order valence-corrected chi connectivity index (χ2v) is 7.17. The summed E-state index contributed by atoms with van der Waals surface area (Å²) in [5, 5.41) is 11.6. The molecule has 1 saturated heterocycles. The molecular weight excluding hydrogens is 330 g/mol. The summed E-state index contributed by atoms with van der Waals surface area (Å²) in [4.78, 5) is 47.9.